The van der Waals surface area contributed by atoms with Crippen LogP contribution >= 0.6 is 0 Å². The second-order valence-electron chi connectivity index (χ2n) is 6.65. The lowest BCUT2D eigenvalue weighted by Crippen LogP contribution is -2.10. The van der Waals surface area contributed by atoms with Gasteiger partial charge in [-0.25, -0.2) is 14.2 Å². The number of halogens is 1. The third-order valence-corrected chi connectivity index (χ3v) is 4.68. The van der Waals surface area contributed by atoms with Crippen molar-refractivity contribution < 1.29 is 8.81 Å². The molecule has 0 fully saturated rings. The summed E-state index contributed by atoms with van der Waals surface area (Å²) in [5, 5.41) is 11.5. The summed E-state index contributed by atoms with van der Waals surface area (Å²) in [5.74, 6) is -0.277. The maximum Gasteiger partial charge on any atom is 0.419 e. The summed E-state index contributed by atoms with van der Waals surface area (Å²) in [5.41, 5.74) is 4.05. The average molecular weight is 379 g/mol. The molecule has 1 atom stereocenters. The largest absolute Gasteiger partial charge is 0.419 e. The van der Waals surface area contributed by atoms with Gasteiger partial charge in [-0.3, -0.25) is 4.57 Å². The number of fused-ring (bicyclic) bond motifs is 1. The Kier molecular flexibility index (Phi) is 4.38. The van der Waals surface area contributed by atoms with Crippen LogP contribution in [0.1, 0.15) is 24.1 Å². The summed E-state index contributed by atoms with van der Waals surface area (Å²) in [7, 11) is 1.65. The van der Waals surface area contributed by atoms with E-state index in [4.69, 9.17) is 4.42 Å². The van der Waals surface area contributed by atoms with Crippen LogP contribution in [0.25, 0.3) is 22.4 Å². The average Bonchev–Trinajstić information content (AvgIpc) is 2.98. The van der Waals surface area contributed by atoms with E-state index in [-0.39, 0.29) is 11.9 Å². The molecule has 28 heavy (non-hydrogen) atoms. The summed E-state index contributed by atoms with van der Waals surface area (Å²) in [6, 6.07) is 10.2. The van der Waals surface area contributed by atoms with Gasteiger partial charge < -0.3 is 9.73 Å². The first-order valence-electron chi connectivity index (χ1n) is 8.74. The lowest BCUT2D eigenvalue weighted by molar-refractivity contribution is 0.528. The van der Waals surface area contributed by atoms with Gasteiger partial charge in [0.05, 0.1) is 17.8 Å². The number of benzene rings is 2. The van der Waals surface area contributed by atoms with Crippen LogP contribution in [0.3, 0.4) is 0 Å². The van der Waals surface area contributed by atoms with Crippen molar-refractivity contribution >= 4 is 17.0 Å². The molecule has 8 heteroatoms. The second kappa shape index (κ2) is 6.88. The number of anilines is 1. The highest BCUT2D eigenvalue weighted by Gasteiger charge is 2.11. The van der Waals surface area contributed by atoms with E-state index in [2.05, 4.69) is 20.5 Å². The van der Waals surface area contributed by atoms with Gasteiger partial charge in [0.1, 0.15) is 11.5 Å². The molecular weight excluding hydrogens is 361 g/mol. The molecule has 1 N–H and O–H groups in total. The summed E-state index contributed by atoms with van der Waals surface area (Å²) in [6.07, 6.45) is 1.61. The van der Waals surface area contributed by atoms with Crippen molar-refractivity contribution in [2.75, 3.05) is 5.32 Å². The molecule has 0 aliphatic carbocycles. The molecule has 0 radical (unpaired) electrons. The first-order valence-corrected chi connectivity index (χ1v) is 8.74. The van der Waals surface area contributed by atoms with Crippen LogP contribution in [0, 0.1) is 12.7 Å². The van der Waals surface area contributed by atoms with E-state index >= 15 is 0 Å². The zero-order valence-corrected chi connectivity index (χ0v) is 15.6. The molecule has 2 aromatic heterocycles. The van der Waals surface area contributed by atoms with Gasteiger partial charge >= 0.3 is 5.76 Å². The van der Waals surface area contributed by atoms with Gasteiger partial charge in [0.2, 0.25) is 5.95 Å². The predicted octanol–water partition coefficient (Wildman–Crippen LogP) is 3.60. The number of hydrogen-bond donors (Lipinski definition) is 1. The normalized spacial score (nSPS) is 12.3. The third-order valence-electron chi connectivity index (χ3n) is 4.68. The Bertz CT molecular complexity index is 1210. The van der Waals surface area contributed by atoms with Crippen LogP contribution < -0.4 is 11.1 Å². The van der Waals surface area contributed by atoms with Crippen LogP contribution in [-0.2, 0) is 7.05 Å². The Hall–Kier alpha value is -3.55. The Morgan fingerprint density at radius 2 is 2.00 bits per heavy atom. The van der Waals surface area contributed by atoms with E-state index in [0.717, 1.165) is 11.1 Å². The van der Waals surface area contributed by atoms with Crippen molar-refractivity contribution in [3.63, 3.8) is 0 Å². The Morgan fingerprint density at radius 1 is 1.18 bits per heavy atom. The minimum atomic E-state index is -0.416. The molecule has 4 rings (SSSR count). The molecule has 0 saturated carbocycles. The van der Waals surface area contributed by atoms with Gasteiger partial charge in [0.15, 0.2) is 5.58 Å². The molecule has 1 unspecified atom stereocenters. The van der Waals surface area contributed by atoms with Gasteiger partial charge in [-0.05, 0) is 49.2 Å². The standard InChI is InChI=1S/C20H18FN5O2/c1-11-8-13(4-6-15(11)21)12(2)23-19-22-10-16(24-25-19)14-5-7-18-17(9-14)26(3)20(27)28-18/h4-10,12H,1-3H3,(H,22,23,25). The summed E-state index contributed by atoms with van der Waals surface area (Å²) in [4.78, 5) is 15.9. The first kappa shape index (κ1) is 17.8. The number of oxazole rings is 1. The number of aromatic nitrogens is 4. The predicted molar refractivity (Wildman–Crippen MR) is 103 cm³/mol. The van der Waals surface area contributed by atoms with E-state index < -0.39 is 5.76 Å². The fraction of sp³-hybridized carbons (Fsp3) is 0.200. The maximum atomic E-state index is 13.4. The van der Waals surface area contributed by atoms with Crippen molar-refractivity contribution in [1.29, 1.82) is 0 Å². The maximum absolute atomic E-state index is 13.4. The van der Waals surface area contributed by atoms with Gasteiger partial charge in [0.25, 0.3) is 0 Å². The topological polar surface area (TPSA) is 85.8 Å². The first-order chi connectivity index (χ1) is 13.4. The van der Waals surface area contributed by atoms with Gasteiger partial charge in [-0.2, -0.15) is 0 Å². The monoisotopic (exact) mass is 379 g/mol. The minimum Gasteiger partial charge on any atom is -0.408 e. The van der Waals surface area contributed by atoms with E-state index in [1.807, 2.05) is 13.0 Å². The van der Waals surface area contributed by atoms with Crippen molar-refractivity contribution in [1.82, 2.24) is 19.7 Å². The zero-order chi connectivity index (χ0) is 19.8. The van der Waals surface area contributed by atoms with E-state index in [9.17, 15) is 9.18 Å². The smallest absolute Gasteiger partial charge is 0.408 e. The fourth-order valence-electron chi connectivity index (χ4n) is 2.97. The Morgan fingerprint density at radius 3 is 2.71 bits per heavy atom. The Balaban J connectivity index is 1.56. The van der Waals surface area contributed by atoms with E-state index in [1.54, 1.807) is 44.4 Å². The summed E-state index contributed by atoms with van der Waals surface area (Å²) >= 11 is 0. The van der Waals surface area contributed by atoms with E-state index in [1.165, 1.54) is 10.6 Å². The van der Waals surface area contributed by atoms with Crippen LogP contribution in [0.15, 0.2) is 51.8 Å². The highest BCUT2D eigenvalue weighted by Crippen LogP contribution is 2.23. The highest BCUT2D eigenvalue weighted by atomic mass is 19.1. The molecule has 142 valence electrons. The molecule has 0 aliphatic rings. The zero-order valence-electron chi connectivity index (χ0n) is 15.6. The van der Waals surface area contributed by atoms with Crippen LogP contribution in [0.5, 0.6) is 0 Å². The molecule has 0 spiro atoms. The molecule has 2 heterocycles. The van der Waals surface area contributed by atoms with Gasteiger partial charge in [-0.15, -0.1) is 10.2 Å². The van der Waals surface area contributed by atoms with Crippen LogP contribution in [-0.4, -0.2) is 19.7 Å². The molecule has 0 aliphatic heterocycles. The number of rotatable bonds is 4. The molecular formula is C20H18FN5O2. The molecule has 7 nitrogen and oxygen atoms in total. The molecule has 0 saturated heterocycles. The number of nitrogens with zero attached hydrogens (tertiary/aromatic N) is 4. The molecule has 0 bridgehead atoms. The lowest BCUT2D eigenvalue weighted by Gasteiger charge is -2.14. The highest BCUT2D eigenvalue weighted by molar-refractivity contribution is 5.79. The van der Waals surface area contributed by atoms with Crippen LogP contribution in [0.2, 0.25) is 0 Å². The van der Waals surface area contributed by atoms with Crippen molar-refractivity contribution in [3.05, 3.63) is 70.1 Å². The SMILES string of the molecule is Cc1cc(C(C)Nc2ncc(-c3ccc4oc(=O)n(C)c4c3)nn2)ccc1F. The second-order valence-corrected chi connectivity index (χ2v) is 6.65. The van der Waals surface area contributed by atoms with Crippen molar-refractivity contribution in [3.8, 4) is 11.3 Å². The lowest BCUT2D eigenvalue weighted by atomic mass is 10.1. The Labute approximate surface area is 159 Å². The molecule has 2 aromatic carbocycles. The molecule has 4 aromatic rings. The summed E-state index contributed by atoms with van der Waals surface area (Å²) in [6.45, 7) is 3.67. The number of hydrogen-bond acceptors (Lipinski definition) is 6. The quantitative estimate of drug-likeness (QED) is 0.583. The fourth-order valence-corrected chi connectivity index (χ4v) is 2.97. The minimum absolute atomic E-state index is 0.108. The van der Waals surface area contributed by atoms with Crippen LogP contribution in [0.4, 0.5) is 10.3 Å². The van der Waals surface area contributed by atoms with E-state index in [0.29, 0.717) is 28.3 Å². The van der Waals surface area contributed by atoms with Gasteiger partial charge in [0, 0.05) is 12.6 Å². The van der Waals surface area contributed by atoms with Crippen molar-refractivity contribution in [2.24, 2.45) is 7.05 Å². The van der Waals surface area contributed by atoms with Gasteiger partial charge in [-0.1, -0.05) is 12.1 Å². The molecule has 0 amide bonds. The number of aryl methyl sites for hydroxylation is 2. The third kappa shape index (κ3) is 3.24. The number of nitrogens with one attached hydrogen (secondary N) is 1. The van der Waals surface area contributed by atoms with Crippen molar-refractivity contribution in [2.45, 2.75) is 19.9 Å². The summed E-state index contributed by atoms with van der Waals surface area (Å²) < 4.78 is 20.0.